The molecule has 1 saturated carbocycles. The number of carbonyl (C=O) groups excluding carboxylic acids is 2. The predicted molar refractivity (Wildman–Crippen MR) is 78.2 cm³/mol. The molecule has 0 bridgehead atoms. The van der Waals surface area contributed by atoms with Gasteiger partial charge in [0, 0.05) is 12.2 Å². The van der Waals surface area contributed by atoms with Crippen molar-refractivity contribution in [3.05, 3.63) is 30.3 Å². The fourth-order valence-electron chi connectivity index (χ4n) is 2.23. The van der Waals surface area contributed by atoms with E-state index in [-0.39, 0.29) is 24.9 Å². The Morgan fingerprint density at radius 2 is 1.95 bits per heavy atom. The lowest BCUT2D eigenvalue weighted by atomic mass is 9.85. The molecule has 0 radical (unpaired) electrons. The van der Waals surface area contributed by atoms with Crippen LogP contribution >= 0.6 is 0 Å². The van der Waals surface area contributed by atoms with Gasteiger partial charge in [-0.1, -0.05) is 24.6 Å². The molecule has 0 aliphatic heterocycles. The minimum Gasteiger partial charge on any atom is -0.346 e. The van der Waals surface area contributed by atoms with Crippen molar-refractivity contribution in [2.75, 3.05) is 24.5 Å². The molecule has 0 saturated heterocycles. The third-order valence-corrected chi connectivity index (χ3v) is 3.66. The van der Waals surface area contributed by atoms with E-state index in [1.165, 1.54) is 19.3 Å². The van der Waals surface area contributed by atoms with Gasteiger partial charge in [0.15, 0.2) is 0 Å². The molecule has 20 heavy (non-hydrogen) atoms. The zero-order valence-electron chi connectivity index (χ0n) is 11.5. The quantitative estimate of drug-likeness (QED) is 0.809. The molecule has 2 rings (SSSR count). The summed E-state index contributed by atoms with van der Waals surface area (Å²) in [6.07, 6.45) is 3.59. The SMILES string of the molecule is NCC(=O)NCC(=O)N(CC1CCC1)c1ccccc1. The highest BCUT2D eigenvalue weighted by Gasteiger charge is 2.24. The highest BCUT2D eigenvalue weighted by atomic mass is 16.2. The van der Waals surface area contributed by atoms with E-state index in [2.05, 4.69) is 5.32 Å². The first-order valence-corrected chi connectivity index (χ1v) is 7.03. The summed E-state index contributed by atoms with van der Waals surface area (Å²) in [5.74, 6) is 0.171. The lowest BCUT2D eigenvalue weighted by Gasteiger charge is -2.32. The van der Waals surface area contributed by atoms with Crippen LogP contribution in [-0.4, -0.2) is 31.4 Å². The topological polar surface area (TPSA) is 75.4 Å². The predicted octanol–water partition coefficient (Wildman–Crippen LogP) is 0.895. The molecular weight excluding hydrogens is 254 g/mol. The Labute approximate surface area is 119 Å². The Bertz CT molecular complexity index is 457. The van der Waals surface area contributed by atoms with Gasteiger partial charge in [-0.3, -0.25) is 9.59 Å². The van der Waals surface area contributed by atoms with Gasteiger partial charge < -0.3 is 16.0 Å². The fraction of sp³-hybridized carbons (Fsp3) is 0.467. The normalized spacial score (nSPS) is 14.4. The first-order valence-electron chi connectivity index (χ1n) is 7.03. The van der Waals surface area contributed by atoms with Crippen molar-refractivity contribution in [1.29, 1.82) is 0 Å². The van der Waals surface area contributed by atoms with Crippen LogP contribution in [0.25, 0.3) is 0 Å². The molecule has 1 aliphatic carbocycles. The zero-order valence-corrected chi connectivity index (χ0v) is 11.5. The number of nitrogens with two attached hydrogens (primary N) is 1. The van der Waals surface area contributed by atoms with Crippen molar-refractivity contribution in [1.82, 2.24) is 5.32 Å². The summed E-state index contributed by atoms with van der Waals surface area (Å²) in [5.41, 5.74) is 6.10. The van der Waals surface area contributed by atoms with Crippen molar-refractivity contribution in [3.63, 3.8) is 0 Å². The van der Waals surface area contributed by atoms with E-state index in [0.717, 1.165) is 12.2 Å². The van der Waals surface area contributed by atoms with Crippen LogP contribution in [0.4, 0.5) is 5.69 Å². The molecule has 1 aliphatic rings. The van der Waals surface area contributed by atoms with Crippen molar-refractivity contribution in [3.8, 4) is 0 Å². The van der Waals surface area contributed by atoms with Gasteiger partial charge in [-0.2, -0.15) is 0 Å². The van der Waals surface area contributed by atoms with Crippen molar-refractivity contribution in [2.45, 2.75) is 19.3 Å². The molecule has 0 spiro atoms. The maximum Gasteiger partial charge on any atom is 0.246 e. The second-order valence-corrected chi connectivity index (χ2v) is 5.12. The first kappa shape index (κ1) is 14.5. The summed E-state index contributed by atoms with van der Waals surface area (Å²) in [5, 5.41) is 2.54. The van der Waals surface area contributed by atoms with E-state index >= 15 is 0 Å². The van der Waals surface area contributed by atoms with E-state index in [0.29, 0.717) is 5.92 Å². The van der Waals surface area contributed by atoms with Crippen molar-refractivity contribution >= 4 is 17.5 Å². The number of anilines is 1. The molecule has 1 aromatic rings. The second-order valence-electron chi connectivity index (χ2n) is 5.12. The molecule has 5 heteroatoms. The number of nitrogens with zero attached hydrogens (tertiary/aromatic N) is 1. The number of amides is 2. The molecule has 108 valence electrons. The first-order chi connectivity index (χ1) is 9.70. The van der Waals surface area contributed by atoms with Gasteiger partial charge in [-0.25, -0.2) is 0 Å². The standard InChI is InChI=1S/C15H21N3O2/c16-9-14(19)17-10-15(20)18(11-12-5-4-6-12)13-7-2-1-3-8-13/h1-3,7-8,12H,4-6,9-11,16H2,(H,17,19). The fourth-order valence-corrected chi connectivity index (χ4v) is 2.23. The number of rotatable bonds is 6. The van der Waals surface area contributed by atoms with E-state index < -0.39 is 0 Å². The Morgan fingerprint density at radius 1 is 1.25 bits per heavy atom. The van der Waals surface area contributed by atoms with Gasteiger partial charge >= 0.3 is 0 Å². The number of nitrogens with one attached hydrogen (secondary N) is 1. The summed E-state index contributed by atoms with van der Waals surface area (Å²) in [4.78, 5) is 25.2. The summed E-state index contributed by atoms with van der Waals surface area (Å²) in [6.45, 7) is 0.625. The van der Waals surface area contributed by atoms with Crippen LogP contribution in [0.15, 0.2) is 30.3 Å². The van der Waals surface area contributed by atoms with Gasteiger partial charge in [0.2, 0.25) is 11.8 Å². The van der Waals surface area contributed by atoms with Gasteiger partial charge in [-0.15, -0.1) is 0 Å². The van der Waals surface area contributed by atoms with Crippen LogP contribution in [0.3, 0.4) is 0 Å². The third-order valence-electron chi connectivity index (χ3n) is 3.66. The minimum absolute atomic E-state index is 0.00233. The molecule has 0 heterocycles. The monoisotopic (exact) mass is 275 g/mol. The second kappa shape index (κ2) is 7.05. The Balaban J connectivity index is 2.01. The van der Waals surface area contributed by atoms with Gasteiger partial charge in [0.05, 0.1) is 13.1 Å². The summed E-state index contributed by atoms with van der Waals surface area (Å²) in [6, 6.07) is 9.58. The smallest absolute Gasteiger partial charge is 0.246 e. The molecule has 0 aromatic heterocycles. The maximum atomic E-state index is 12.3. The Kier molecular flexibility index (Phi) is 5.12. The van der Waals surface area contributed by atoms with Crippen LogP contribution in [-0.2, 0) is 9.59 Å². The molecule has 3 N–H and O–H groups in total. The minimum atomic E-state index is -0.310. The van der Waals surface area contributed by atoms with Gasteiger partial charge in [-0.05, 0) is 30.9 Å². The van der Waals surface area contributed by atoms with E-state index in [1.807, 2.05) is 30.3 Å². The van der Waals surface area contributed by atoms with Crippen molar-refractivity contribution in [2.24, 2.45) is 11.7 Å². The Hall–Kier alpha value is -1.88. The lowest BCUT2D eigenvalue weighted by Crippen LogP contribution is -2.44. The summed E-state index contributed by atoms with van der Waals surface area (Å²) < 4.78 is 0. The average molecular weight is 275 g/mol. The van der Waals surface area contributed by atoms with Gasteiger partial charge in [0.25, 0.3) is 0 Å². The average Bonchev–Trinajstić information content (AvgIpc) is 2.44. The maximum absolute atomic E-state index is 12.3. The van der Waals surface area contributed by atoms with Gasteiger partial charge in [0.1, 0.15) is 0 Å². The van der Waals surface area contributed by atoms with E-state index in [1.54, 1.807) is 4.90 Å². The van der Waals surface area contributed by atoms with E-state index in [9.17, 15) is 9.59 Å². The number of carbonyl (C=O) groups is 2. The molecule has 0 atom stereocenters. The van der Waals surface area contributed by atoms with Crippen LogP contribution in [0.1, 0.15) is 19.3 Å². The van der Waals surface area contributed by atoms with Crippen LogP contribution in [0, 0.1) is 5.92 Å². The molecule has 1 fully saturated rings. The highest BCUT2D eigenvalue weighted by molar-refractivity contribution is 5.96. The highest BCUT2D eigenvalue weighted by Crippen LogP contribution is 2.28. The number of benzene rings is 1. The molecule has 5 nitrogen and oxygen atoms in total. The van der Waals surface area contributed by atoms with Crippen LogP contribution in [0.2, 0.25) is 0 Å². The lowest BCUT2D eigenvalue weighted by molar-refractivity contribution is -0.124. The third kappa shape index (κ3) is 3.81. The molecule has 2 amide bonds. The Morgan fingerprint density at radius 3 is 2.50 bits per heavy atom. The number of hydrogen-bond acceptors (Lipinski definition) is 3. The molecule has 0 unspecified atom stereocenters. The summed E-state index contributed by atoms with van der Waals surface area (Å²) >= 11 is 0. The van der Waals surface area contributed by atoms with Crippen LogP contribution in [0.5, 0.6) is 0 Å². The van der Waals surface area contributed by atoms with Crippen LogP contribution < -0.4 is 16.0 Å². The largest absolute Gasteiger partial charge is 0.346 e. The summed E-state index contributed by atoms with van der Waals surface area (Å²) in [7, 11) is 0. The number of para-hydroxylation sites is 1. The number of hydrogen-bond donors (Lipinski definition) is 2. The zero-order chi connectivity index (χ0) is 14.4. The van der Waals surface area contributed by atoms with E-state index in [4.69, 9.17) is 5.73 Å². The molecular formula is C15H21N3O2. The molecule has 1 aromatic carbocycles. The van der Waals surface area contributed by atoms with Crippen molar-refractivity contribution < 1.29 is 9.59 Å².